The van der Waals surface area contributed by atoms with Gasteiger partial charge in [0.1, 0.15) is 11.1 Å². The highest BCUT2D eigenvalue weighted by atomic mass is 16.5. The van der Waals surface area contributed by atoms with Crippen LogP contribution in [0.3, 0.4) is 0 Å². The summed E-state index contributed by atoms with van der Waals surface area (Å²) in [6.07, 6.45) is 2.51. The van der Waals surface area contributed by atoms with Gasteiger partial charge in [0.25, 0.3) is 0 Å². The molecule has 2 amide bonds. The molecule has 0 saturated carbocycles. The second-order valence-electron chi connectivity index (χ2n) is 7.65. The predicted molar refractivity (Wildman–Crippen MR) is 80.8 cm³/mol. The highest BCUT2D eigenvalue weighted by Crippen LogP contribution is 2.33. The van der Waals surface area contributed by atoms with Crippen molar-refractivity contribution in [2.45, 2.75) is 83.6 Å². The Labute approximate surface area is 127 Å². The van der Waals surface area contributed by atoms with E-state index >= 15 is 0 Å². The standard InChI is InChI=1S/C16H28N2O3/c1-7-16(6)13(20)18(15(4,5)12(19)17-16)10-11-8-9-14(2,3)21-11/h11H,7-10H2,1-6H3,(H,17,19). The van der Waals surface area contributed by atoms with Gasteiger partial charge in [-0.1, -0.05) is 6.92 Å². The van der Waals surface area contributed by atoms with Crippen LogP contribution in [0.25, 0.3) is 0 Å². The Morgan fingerprint density at radius 1 is 1.24 bits per heavy atom. The lowest BCUT2D eigenvalue weighted by Gasteiger charge is -2.49. The number of nitrogens with zero attached hydrogens (tertiary/aromatic N) is 1. The zero-order valence-electron chi connectivity index (χ0n) is 14.1. The molecule has 2 fully saturated rings. The number of rotatable bonds is 3. The molecule has 0 aromatic carbocycles. The molecule has 2 heterocycles. The second kappa shape index (κ2) is 4.97. The van der Waals surface area contributed by atoms with E-state index in [9.17, 15) is 9.59 Å². The van der Waals surface area contributed by atoms with Gasteiger partial charge in [-0.15, -0.1) is 0 Å². The van der Waals surface area contributed by atoms with Gasteiger partial charge >= 0.3 is 0 Å². The third kappa shape index (κ3) is 2.80. The summed E-state index contributed by atoms with van der Waals surface area (Å²) in [6, 6.07) is 0. The highest BCUT2D eigenvalue weighted by molar-refractivity contribution is 6.01. The normalized spacial score (nSPS) is 35.0. The van der Waals surface area contributed by atoms with Crippen LogP contribution in [0.15, 0.2) is 0 Å². The van der Waals surface area contributed by atoms with Crippen molar-refractivity contribution < 1.29 is 14.3 Å². The van der Waals surface area contributed by atoms with Crippen LogP contribution in [0.1, 0.15) is 60.8 Å². The summed E-state index contributed by atoms with van der Waals surface area (Å²) in [5, 5.41) is 2.88. The van der Waals surface area contributed by atoms with Gasteiger partial charge < -0.3 is 15.0 Å². The number of carbonyl (C=O) groups is 2. The van der Waals surface area contributed by atoms with E-state index in [1.165, 1.54) is 0 Å². The van der Waals surface area contributed by atoms with Gasteiger partial charge in [0.05, 0.1) is 11.7 Å². The monoisotopic (exact) mass is 296 g/mol. The Morgan fingerprint density at radius 2 is 1.86 bits per heavy atom. The smallest absolute Gasteiger partial charge is 0.248 e. The number of hydrogen-bond donors (Lipinski definition) is 1. The molecule has 0 radical (unpaired) electrons. The molecule has 2 aliphatic heterocycles. The van der Waals surface area contributed by atoms with Crippen molar-refractivity contribution >= 4 is 11.8 Å². The summed E-state index contributed by atoms with van der Waals surface area (Å²) in [6.45, 7) is 11.9. The van der Waals surface area contributed by atoms with Gasteiger partial charge in [-0.2, -0.15) is 0 Å². The van der Waals surface area contributed by atoms with Gasteiger partial charge in [0.15, 0.2) is 0 Å². The Morgan fingerprint density at radius 3 is 2.33 bits per heavy atom. The van der Waals surface area contributed by atoms with E-state index in [-0.39, 0.29) is 23.5 Å². The first kappa shape index (κ1) is 16.3. The van der Waals surface area contributed by atoms with Crippen LogP contribution in [0.5, 0.6) is 0 Å². The van der Waals surface area contributed by atoms with Crippen molar-refractivity contribution in [2.75, 3.05) is 6.54 Å². The molecule has 1 N–H and O–H groups in total. The molecule has 0 spiro atoms. The minimum absolute atomic E-state index is 0.00947. The molecular formula is C16H28N2O3. The summed E-state index contributed by atoms with van der Waals surface area (Å²) < 4.78 is 6.00. The van der Waals surface area contributed by atoms with Crippen LogP contribution in [0.2, 0.25) is 0 Å². The summed E-state index contributed by atoms with van der Waals surface area (Å²) in [5.74, 6) is -0.105. The molecule has 0 aromatic rings. The van der Waals surface area contributed by atoms with Crippen LogP contribution in [-0.4, -0.2) is 46.0 Å². The molecule has 2 saturated heterocycles. The predicted octanol–water partition coefficient (Wildman–Crippen LogP) is 1.85. The summed E-state index contributed by atoms with van der Waals surface area (Å²) in [7, 11) is 0. The Bertz CT molecular complexity index is 458. The van der Waals surface area contributed by atoms with Crippen molar-refractivity contribution in [3.05, 3.63) is 0 Å². The van der Waals surface area contributed by atoms with Gasteiger partial charge in [0, 0.05) is 6.54 Å². The van der Waals surface area contributed by atoms with Crippen molar-refractivity contribution in [1.29, 1.82) is 0 Å². The Balaban J connectivity index is 2.22. The fourth-order valence-electron chi connectivity index (χ4n) is 3.09. The van der Waals surface area contributed by atoms with Crippen LogP contribution in [-0.2, 0) is 14.3 Å². The molecule has 2 atom stereocenters. The molecular weight excluding hydrogens is 268 g/mol. The van der Waals surface area contributed by atoms with Crippen molar-refractivity contribution in [3.8, 4) is 0 Å². The van der Waals surface area contributed by atoms with E-state index in [0.717, 1.165) is 12.8 Å². The topological polar surface area (TPSA) is 58.6 Å². The molecule has 2 aliphatic rings. The minimum atomic E-state index is -0.831. The second-order valence-corrected chi connectivity index (χ2v) is 7.65. The maximum Gasteiger partial charge on any atom is 0.248 e. The number of amides is 2. The van der Waals surface area contributed by atoms with Crippen molar-refractivity contribution in [2.24, 2.45) is 0 Å². The van der Waals surface area contributed by atoms with E-state index < -0.39 is 11.1 Å². The molecule has 0 aromatic heterocycles. The first-order valence-electron chi connectivity index (χ1n) is 7.84. The van der Waals surface area contributed by atoms with Crippen molar-refractivity contribution in [3.63, 3.8) is 0 Å². The quantitative estimate of drug-likeness (QED) is 0.864. The van der Waals surface area contributed by atoms with Crippen LogP contribution < -0.4 is 5.32 Å². The van der Waals surface area contributed by atoms with Gasteiger partial charge in [-0.05, 0) is 53.9 Å². The van der Waals surface area contributed by atoms with Crippen LogP contribution >= 0.6 is 0 Å². The highest BCUT2D eigenvalue weighted by Gasteiger charge is 2.52. The average molecular weight is 296 g/mol. The minimum Gasteiger partial charge on any atom is -0.371 e. The molecule has 120 valence electrons. The van der Waals surface area contributed by atoms with E-state index in [1.54, 1.807) is 25.7 Å². The third-order valence-electron chi connectivity index (χ3n) is 4.98. The fourth-order valence-corrected chi connectivity index (χ4v) is 3.09. The number of nitrogens with one attached hydrogen (secondary N) is 1. The Hall–Kier alpha value is -1.10. The molecule has 2 unspecified atom stereocenters. The maximum atomic E-state index is 12.8. The van der Waals surface area contributed by atoms with E-state index in [0.29, 0.717) is 13.0 Å². The summed E-state index contributed by atoms with van der Waals surface area (Å²) in [5.41, 5.74) is -1.77. The van der Waals surface area contributed by atoms with E-state index in [4.69, 9.17) is 4.74 Å². The first-order valence-corrected chi connectivity index (χ1v) is 7.84. The molecule has 0 aliphatic carbocycles. The Kier molecular flexibility index (Phi) is 3.85. The lowest BCUT2D eigenvalue weighted by Crippen LogP contribution is -2.73. The number of hydrogen-bond acceptors (Lipinski definition) is 3. The molecule has 0 bridgehead atoms. The summed E-state index contributed by atoms with van der Waals surface area (Å²) >= 11 is 0. The summed E-state index contributed by atoms with van der Waals surface area (Å²) in [4.78, 5) is 27.0. The molecule has 21 heavy (non-hydrogen) atoms. The first-order chi connectivity index (χ1) is 9.52. The number of ether oxygens (including phenoxy) is 1. The lowest BCUT2D eigenvalue weighted by atomic mass is 9.86. The zero-order valence-corrected chi connectivity index (χ0v) is 14.1. The van der Waals surface area contributed by atoms with Crippen molar-refractivity contribution in [1.82, 2.24) is 10.2 Å². The van der Waals surface area contributed by atoms with Crippen LogP contribution in [0.4, 0.5) is 0 Å². The number of piperazine rings is 1. The van der Waals surface area contributed by atoms with Gasteiger partial charge in [-0.25, -0.2) is 0 Å². The van der Waals surface area contributed by atoms with E-state index in [1.807, 2.05) is 6.92 Å². The average Bonchev–Trinajstić information content (AvgIpc) is 2.72. The van der Waals surface area contributed by atoms with Crippen LogP contribution in [0, 0.1) is 0 Å². The molecule has 5 nitrogen and oxygen atoms in total. The fraction of sp³-hybridized carbons (Fsp3) is 0.875. The van der Waals surface area contributed by atoms with Gasteiger partial charge in [0.2, 0.25) is 11.8 Å². The number of carbonyl (C=O) groups excluding carboxylic acids is 2. The van der Waals surface area contributed by atoms with E-state index in [2.05, 4.69) is 19.2 Å². The zero-order chi connectivity index (χ0) is 16.1. The third-order valence-corrected chi connectivity index (χ3v) is 4.98. The largest absolute Gasteiger partial charge is 0.371 e. The SMILES string of the molecule is CCC1(C)NC(=O)C(C)(C)N(CC2CCC(C)(C)O2)C1=O. The lowest BCUT2D eigenvalue weighted by molar-refractivity contribution is -0.163. The van der Waals surface area contributed by atoms with Gasteiger partial charge in [-0.3, -0.25) is 9.59 Å². The molecule has 5 heteroatoms. The maximum absolute atomic E-state index is 12.8. The molecule has 2 rings (SSSR count).